The van der Waals surface area contributed by atoms with Crippen molar-refractivity contribution < 1.29 is 4.79 Å². The van der Waals surface area contributed by atoms with Gasteiger partial charge in [0.2, 0.25) is 5.91 Å². The van der Waals surface area contributed by atoms with E-state index in [4.69, 9.17) is 23.2 Å². The second-order valence-corrected chi connectivity index (χ2v) is 6.59. The van der Waals surface area contributed by atoms with Gasteiger partial charge in [0.15, 0.2) is 5.82 Å². The average molecular weight is 365 g/mol. The van der Waals surface area contributed by atoms with Gasteiger partial charge in [-0.05, 0) is 31.0 Å². The van der Waals surface area contributed by atoms with E-state index in [1.165, 1.54) is 0 Å². The van der Waals surface area contributed by atoms with Crippen molar-refractivity contribution in [1.82, 2.24) is 15.1 Å². The third kappa shape index (κ3) is 3.06. The van der Waals surface area contributed by atoms with Crippen LogP contribution in [-0.4, -0.2) is 27.9 Å². The highest BCUT2D eigenvalue weighted by Gasteiger charge is 2.38. The predicted molar refractivity (Wildman–Crippen MR) is 96.4 cm³/mol. The lowest BCUT2D eigenvalue weighted by atomic mass is 9.87. The van der Waals surface area contributed by atoms with Gasteiger partial charge in [-0.15, -0.1) is 0 Å². The Morgan fingerprint density at radius 3 is 2.79 bits per heavy atom. The van der Waals surface area contributed by atoms with Gasteiger partial charge < -0.3 is 5.32 Å². The van der Waals surface area contributed by atoms with Gasteiger partial charge in [-0.2, -0.15) is 5.10 Å². The van der Waals surface area contributed by atoms with Crippen LogP contribution in [0, 0.1) is 5.92 Å². The maximum absolute atomic E-state index is 12.7. The molecule has 0 fully saturated rings. The van der Waals surface area contributed by atoms with Crippen molar-refractivity contribution in [1.29, 1.82) is 0 Å². The fourth-order valence-corrected chi connectivity index (χ4v) is 3.26. The van der Waals surface area contributed by atoms with Gasteiger partial charge in [-0.1, -0.05) is 36.2 Å². The Hall–Kier alpha value is -1.85. The molecule has 0 saturated carbocycles. The Morgan fingerprint density at radius 1 is 1.29 bits per heavy atom. The Balaban J connectivity index is 2.08. The van der Waals surface area contributed by atoms with Crippen molar-refractivity contribution in [2.45, 2.75) is 26.3 Å². The van der Waals surface area contributed by atoms with Crippen molar-refractivity contribution in [3.05, 3.63) is 46.1 Å². The van der Waals surface area contributed by atoms with Crippen LogP contribution in [0.4, 0.5) is 5.82 Å². The molecule has 1 N–H and O–H groups in total. The minimum absolute atomic E-state index is 0.0599. The lowest BCUT2D eigenvalue weighted by molar-refractivity contribution is -0.123. The highest BCUT2D eigenvalue weighted by molar-refractivity contribution is 6.42. The minimum atomic E-state index is -0.443. The Labute approximate surface area is 150 Å². The molecule has 1 aliphatic heterocycles. The molecule has 7 heteroatoms. The first-order valence-corrected chi connectivity index (χ1v) is 8.60. The first-order valence-electron chi connectivity index (χ1n) is 7.84. The first-order chi connectivity index (χ1) is 11.5. The summed E-state index contributed by atoms with van der Waals surface area (Å²) in [5.41, 5.74) is 1.63. The van der Waals surface area contributed by atoms with E-state index < -0.39 is 5.92 Å². The molecule has 2 unspecified atom stereocenters. The van der Waals surface area contributed by atoms with E-state index in [-0.39, 0.29) is 11.9 Å². The number of nitrogens with one attached hydrogen (secondary N) is 1. The molecule has 0 bridgehead atoms. The summed E-state index contributed by atoms with van der Waals surface area (Å²) in [5.74, 6) is 0.222. The second-order valence-electron chi connectivity index (χ2n) is 5.77. The van der Waals surface area contributed by atoms with Gasteiger partial charge in [-0.3, -0.25) is 4.79 Å². The molecular weight excluding hydrogens is 347 g/mol. The van der Waals surface area contributed by atoms with Crippen LogP contribution in [0.1, 0.15) is 31.9 Å². The Bertz CT molecular complexity index is 800. The van der Waals surface area contributed by atoms with Crippen LogP contribution in [0.3, 0.4) is 0 Å². The smallest absolute Gasteiger partial charge is 0.231 e. The number of benzene rings is 1. The summed E-state index contributed by atoms with van der Waals surface area (Å²) in [4.78, 5) is 17.3. The lowest BCUT2D eigenvalue weighted by Gasteiger charge is -2.31. The molecule has 2 atom stereocenters. The van der Waals surface area contributed by atoms with E-state index in [0.29, 0.717) is 16.6 Å². The van der Waals surface area contributed by atoms with Crippen molar-refractivity contribution in [2.24, 2.45) is 10.9 Å². The molecule has 2 heterocycles. The van der Waals surface area contributed by atoms with Gasteiger partial charge in [0, 0.05) is 18.3 Å². The van der Waals surface area contributed by atoms with Crippen LogP contribution in [0.5, 0.6) is 0 Å². The van der Waals surface area contributed by atoms with Crippen LogP contribution in [0.25, 0.3) is 0 Å². The van der Waals surface area contributed by atoms with Crippen LogP contribution in [0.2, 0.25) is 10.0 Å². The fraction of sp³-hybridized carbons (Fsp3) is 0.353. The summed E-state index contributed by atoms with van der Waals surface area (Å²) in [6.45, 7) is 4.52. The van der Waals surface area contributed by atoms with E-state index >= 15 is 0 Å². The number of hydrogen-bond acceptors (Lipinski definition) is 3. The molecule has 24 heavy (non-hydrogen) atoms. The SMILES string of the molecule is CCCNC(=O)C1C(C)=Nc2ccnn2C1c1ccc(Cl)c(Cl)c1. The van der Waals surface area contributed by atoms with Gasteiger partial charge in [0.05, 0.1) is 22.3 Å². The molecule has 1 amide bonds. The molecule has 0 aliphatic carbocycles. The number of nitrogens with zero attached hydrogens (tertiary/aromatic N) is 3. The average Bonchev–Trinajstić information content (AvgIpc) is 3.01. The summed E-state index contributed by atoms with van der Waals surface area (Å²) in [7, 11) is 0. The summed E-state index contributed by atoms with van der Waals surface area (Å²) in [5, 5.41) is 8.26. The predicted octanol–water partition coefficient (Wildman–Crippen LogP) is 4.03. The lowest BCUT2D eigenvalue weighted by Crippen LogP contribution is -2.42. The number of rotatable bonds is 4. The second kappa shape index (κ2) is 6.95. The molecular formula is C17H18Cl2N4O. The van der Waals surface area contributed by atoms with E-state index in [1.807, 2.05) is 26.0 Å². The molecule has 3 rings (SSSR count). The number of fused-ring (bicyclic) bond motifs is 1. The van der Waals surface area contributed by atoms with Crippen molar-refractivity contribution in [3.8, 4) is 0 Å². The van der Waals surface area contributed by atoms with Crippen LogP contribution in [0.15, 0.2) is 35.5 Å². The number of halogens is 2. The zero-order valence-electron chi connectivity index (χ0n) is 13.5. The maximum Gasteiger partial charge on any atom is 0.231 e. The molecule has 0 radical (unpaired) electrons. The Morgan fingerprint density at radius 2 is 2.08 bits per heavy atom. The number of carbonyl (C=O) groups is 1. The fourth-order valence-electron chi connectivity index (χ4n) is 2.95. The van der Waals surface area contributed by atoms with Crippen molar-refractivity contribution in [3.63, 3.8) is 0 Å². The number of aromatic nitrogens is 2. The normalized spacial score (nSPS) is 19.6. The summed E-state index contributed by atoms with van der Waals surface area (Å²) in [6.07, 6.45) is 2.56. The van der Waals surface area contributed by atoms with E-state index in [1.54, 1.807) is 23.0 Å². The molecule has 2 aromatic rings. The number of amides is 1. The van der Waals surface area contributed by atoms with Crippen LogP contribution < -0.4 is 5.32 Å². The summed E-state index contributed by atoms with van der Waals surface area (Å²) in [6, 6.07) is 6.93. The van der Waals surface area contributed by atoms with Gasteiger partial charge >= 0.3 is 0 Å². The highest BCUT2D eigenvalue weighted by Crippen LogP contribution is 2.37. The topological polar surface area (TPSA) is 59.3 Å². The quantitative estimate of drug-likeness (QED) is 0.889. The maximum atomic E-state index is 12.7. The summed E-state index contributed by atoms with van der Waals surface area (Å²) < 4.78 is 1.77. The first kappa shape index (κ1) is 17.0. The number of carbonyl (C=O) groups excluding carboxylic acids is 1. The van der Waals surface area contributed by atoms with E-state index in [0.717, 1.165) is 23.5 Å². The third-order valence-corrected chi connectivity index (χ3v) is 4.83. The molecule has 0 saturated heterocycles. The van der Waals surface area contributed by atoms with Crippen molar-refractivity contribution >= 4 is 40.6 Å². The third-order valence-electron chi connectivity index (χ3n) is 4.09. The molecule has 1 aromatic carbocycles. The molecule has 126 valence electrons. The zero-order valence-corrected chi connectivity index (χ0v) is 15.0. The largest absolute Gasteiger partial charge is 0.355 e. The molecule has 1 aromatic heterocycles. The molecule has 5 nitrogen and oxygen atoms in total. The standard InChI is InChI=1S/C17H18Cl2N4O/c1-3-7-20-17(24)15-10(2)22-14-6-8-21-23(14)16(15)11-4-5-12(18)13(19)9-11/h4-6,8-9,15-16H,3,7H2,1-2H3,(H,20,24). The summed E-state index contributed by atoms with van der Waals surface area (Å²) >= 11 is 12.2. The minimum Gasteiger partial charge on any atom is -0.355 e. The van der Waals surface area contributed by atoms with E-state index in [2.05, 4.69) is 15.4 Å². The van der Waals surface area contributed by atoms with Crippen LogP contribution >= 0.6 is 23.2 Å². The van der Waals surface area contributed by atoms with Crippen molar-refractivity contribution in [2.75, 3.05) is 6.54 Å². The molecule has 1 aliphatic rings. The van der Waals surface area contributed by atoms with Gasteiger partial charge in [0.1, 0.15) is 5.92 Å². The zero-order chi connectivity index (χ0) is 17.3. The monoisotopic (exact) mass is 364 g/mol. The van der Waals surface area contributed by atoms with Gasteiger partial charge in [-0.25, -0.2) is 9.67 Å². The molecule has 0 spiro atoms. The number of hydrogen-bond donors (Lipinski definition) is 1. The van der Waals surface area contributed by atoms with Gasteiger partial charge in [0.25, 0.3) is 0 Å². The van der Waals surface area contributed by atoms with E-state index in [9.17, 15) is 4.79 Å². The number of aliphatic imine (C=N–C) groups is 1. The Kier molecular flexibility index (Phi) is 4.92. The highest BCUT2D eigenvalue weighted by atomic mass is 35.5. The van der Waals surface area contributed by atoms with Crippen LogP contribution in [-0.2, 0) is 4.79 Å².